The third-order valence-electron chi connectivity index (χ3n) is 2.40. The van der Waals surface area contributed by atoms with E-state index in [1.807, 2.05) is 12.1 Å². The molecule has 0 bridgehead atoms. The van der Waals surface area contributed by atoms with Crippen LogP contribution in [0.3, 0.4) is 0 Å². The number of amides is 1. The number of nitrogens with two attached hydrogens (primary N) is 1. The first-order valence-electron chi connectivity index (χ1n) is 5.59. The van der Waals surface area contributed by atoms with Crippen LogP contribution in [-0.4, -0.2) is 22.6 Å². The number of hydrogen-bond donors (Lipinski definition) is 2. The Morgan fingerprint density at radius 1 is 1.33 bits per heavy atom. The maximum atomic E-state index is 11.8. The van der Waals surface area contributed by atoms with Gasteiger partial charge in [-0.25, -0.2) is 0 Å². The molecule has 6 heteroatoms. The molecule has 0 radical (unpaired) electrons. The van der Waals surface area contributed by atoms with E-state index in [4.69, 9.17) is 10.2 Å². The van der Waals surface area contributed by atoms with Crippen molar-refractivity contribution in [3.05, 3.63) is 41.3 Å². The first-order chi connectivity index (χ1) is 8.69. The molecule has 0 aliphatic heterocycles. The molecule has 0 spiro atoms. The van der Waals surface area contributed by atoms with Crippen LogP contribution in [0, 0.1) is 6.92 Å². The minimum Gasteiger partial charge on any atom is -0.408 e. The van der Waals surface area contributed by atoms with Crippen molar-refractivity contribution in [2.45, 2.75) is 13.3 Å². The number of anilines is 1. The van der Waals surface area contributed by atoms with E-state index in [0.29, 0.717) is 18.0 Å². The molecule has 1 amide bonds. The highest BCUT2D eigenvalue weighted by atomic mass is 16.4. The molecule has 18 heavy (non-hydrogen) atoms. The van der Waals surface area contributed by atoms with E-state index in [1.165, 1.54) is 0 Å². The minimum atomic E-state index is -0.280. The molecule has 1 aromatic carbocycles. The fourth-order valence-electron chi connectivity index (χ4n) is 1.51. The van der Waals surface area contributed by atoms with Crippen LogP contribution in [0.15, 0.2) is 28.7 Å². The molecule has 0 saturated carbocycles. The summed E-state index contributed by atoms with van der Waals surface area (Å²) >= 11 is 0. The number of aryl methyl sites for hydroxylation is 1. The molecular formula is C12H14N4O2. The van der Waals surface area contributed by atoms with Gasteiger partial charge in [0.05, 0.1) is 0 Å². The van der Waals surface area contributed by atoms with E-state index in [-0.39, 0.29) is 11.9 Å². The lowest BCUT2D eigenvalue weighted by atomic mass is 10.1. The van der Waals surface area contributed by atoms with Crippen LogP contribution in [0.25, 0.3) is 0 Å². The fourth-order valence-corrected chi connectivity index (χ4v) is 1.51. The van der Waals surface area contributed by atoms with Gasteiger partial charge >= 0.3 is 6.01 Å². The smallest absolute Gasteiger partial charge is 0.322 e. The molecule has 0 saturated heterocycles. The molecule has 0 fully saturated rings. The molecule has 1 aromatic heterocycles. The lowest BCUT2D eigenvalue weighted by Gasteiger charge is -2.02. The van der Waals surface area contributed by atoms with Gasteiger partial charge in [0.2, 0.25) is 5.89 Å². The standard InChI is InChI=1S/C12H14N4O2/c1-8-15-16-12(18-8)14-11(17)10-4-2-9(3-5-10)6-7-13/h2-5H,6-7,13H2,1H3,(H,14,16,17). The van der Waals surface area contributed by atoms with Crippen LogP contribution in [-0.2, 0) is 6.42 Å². The van der Waals surface area contributed by atoms with Gasteiger partial charge in [0, 0.05) is 12.5 Å². The molecule has 0 unspecified atom stereocenters. The van der Waals surface area contributed by atoms with Crippen LogP contribution in [0.4, 0.5) is 6.01 Å². The molecule has 2 aromatic rings. The van der Waals surface area contributed by atoms with Gasteiger partial charge < -0.3 is 10.2 Å². The zero-order valence-corrected chi connectivity index (χ0v) is 10.0. The van der Waals surface area contributed by atoms with Crippen molar-refractivity contribution >= 4 is 11.9 Å². The average molecular weight is 246 g/mol. The van der Waals surface area contributed by atoms with Crippen LogP contribution in [0.1, 0.15) is 21.8 Å². The van der Waals surface area contributed by atoms with E-state index in [1.54, 1.807) is 19.1 Å². The monoisotopic (exact) mass is 246 g/mol. The van der Waals surface area contributed by atoms with Gasteiger partial charge in [-0.1, -0.05) is 17.2 Å². The fraction of sp³-hybridized carbons (Fsp3) is 0.250. The van der Waals surface area contributed by atoms with Gasteiger partial charge in [-0.3, -0.25) is 10.1 Å². The summed E-state index contributed by atoms with van der Waals surface area (Å²) in [6, 6.07) is 7.33. The normalized spacial score (nSPS) is 10.3. The maximum Gasteiger partial charge on any atom is 0.322 e. The van der Waals surface area contributed by atoms with Gasteiger partial charge in [0.25, 0.3) is 5.91 Å². The van der Waals surface area contributed by atoms with Gasteiger partial charge in [-0.2, -0.15) is 0 Å². The largest absolute Gasteiger partial charge is 0.408 e. The molecule has 0 aliphatic carbocycles. The zero-order valence-electron chi connectivity index (χ0n) is 10.0. The lowest BCUT2D eigenvalue weighted by Crippen LogP contribution is -2.12. The molecule has 6 nitrogen and oxygen atoms in total. The van der Waals surface area contributed by atoms with Gasteiger partial charge in [0.1, 0.15) is 0 Å². The Kier molecular flexibility index (Phi) is 3.69. The van der Waals surface area contributed by atoms with Gasteiger partial charge in [-0.05, 0) is 30.7 Å². The number of nitrogens with one attached hydrogen (secondary N) is 1. The summed E-state index contributed by atoms with van der Waals surface area (Å²) in [6.07, 6.45) is 0.796. The topological polar surface area (TPSA) is 94.0 Å². The van der Waals surface area contributed by atoms with E-state index < -0.39 is 0 Å². The predicted octanol–water partition coefficient (Wildman–Crippen LogP) is 1.13. The van der Waals surface area contributed by atoms with Crippen molar-refractivity contribution in [2.75, 3.05) is 11.9 Å². The highest BCUT2D eigenvalue weighted by Gasteiger charge is 2.09. The minimum absolute atomic E-state index is 0.100. The second-order valence-electron chi connectivity index (χ2n) is 3.82. The molecule has 0 atom stereocenters. The zero-order chi connectivity index (χ0) is 13.0. The van der Waals surface area contributed by atoms with Crippen molar-refractivity contribution < 1.29 is 9.21 Å². The van der Waals surface area contributed by atoms with E-state index in [2.05, 4.69) is 15.5 Å². The third-order valence-corrected chi connectivity index (χ3v) is 2.40. The summed E-state index contributed by atoms with van der Waals surface area (Å²) in [7, 11) is 0. The summed E-state index contributed by atoms with van der Waals surface area (Å²) in [4.78, 5) is 11.8. The summed E-state index contributed by atoms with van der Waals surface area (Å²) < 4.78 is 5.07. The van der Waals surface area contributed by atoms with Crippen molar-refractivity contribution in [3.63, 3.8) is 0 Å². The van der Waals surface area contributed by atoms with E-state index in [0.717, 1.165) is 12.0 Å². The van der Waals surface area contributed by atoms with Gasteiger partial charge in [-0.15, -0.1) is 5.10 Å². The third kappa shape index (κ3) is 2.92. The number of benzene rings is 1. The highest BCUT2D eigenvalue weighted by Crippen LogP contribution is 2.09. The molecule has 1 heterocycles. The number of carbonyl (C=O) groups is 1. The van der Waals surface area contributed by atoms with Crippen LogP contribution < -0.4 is 11.1 Å². The lowest BCUT2D eigenvalue weighted by molar-refractivity contribution is 0.102. The Morgan fingerprint density at radius 2 is 2.06 bits per heavy atom. The van der Waals surface area contributed by atoms with Crippen LogP contribution >= 0.6 is 0 Å². The van der Waals surface area contributed by atoms with E-state index >= 15 is 0 Å². The average Bonchev–Trinajstić information content (AvgIpc) is 2.76. The highest BCUT2D eigenvalue weighted by molar-refractivity contribution is 6.03. The molecule has 94 valence electrons. The summed E-state index contributed by atoms with van der Waals surface area (Å²) in [5, 5.41) is 9.85. The molecule has 2 rings (SSSR count). The van der Waals surface area contributed by atoms with Crippen molar-refractivity contribution in [1.82, 2.24) is 10.2 Å². The summed E-state index contributed by atoms with van der Waals surface area (Å²) in [5.41, 5.74) is 7.09. The second kappa shape index (κ2) is 5.42. The number of hydrogen-bond acceptors (Lipinski definition) is 5. The van der Waals surface area contributed by atoms with Crippen LogP contribution in [0.2, 0.25) is 0 Å². The Bertz CT molecular complexity index is 533. The quantitative estimate of drug-likeness (QED) is 0.843. The molecule has 3 N–H and O–H groups in total. The van der Waals surface area contributed by atoms with E-state index in [9.17, 15) is 4.79 Å². The van der Waals surface area contributed by atoms with Crippen molar-refractivity contribution in [3.8, 4) is 0 Å². The number of nitrogens with zero attached hydrogens (tertiary/aromatic N) is 2. The molecular weight excluding hydrogens is 232 g/mol. The number of aromatic nitrogens is 2. The number of carbonyl (C=O) groups excluding carboxylic acids is 1. The first kappa shape index (κ1) is 12.3. The Hall–Kier alpha value is -2.21. The summed E-state index contributed by atoms with van der Waals surface area (Å²) in [5.74, 6) is 0.126. The maximum absolute atomic E-state index is 11.8. The van der Waals surface area contributed by atoms with Crippen molar-refractivity contribution in [2.24, 2.45) is 5.73 Å². The molecule has 0 aliphatic rings. The van der Waals surface area contributed by atoms with Gasteiger partial charge in [0.15, 0.2) is 0 Å². The number of rotatable bonds is 4. The Morgan fingerprint density at radius 3 is 2.61 bits per heavy atom. The second-order valence-corrected chi connectivity index (χ2v) is 3.82. The summed E-state index contributed by atoms with van der Waals surface area (Å²) in [6.45, 7) is 2.25. The first-order valence-corrected chi connectivity index (χ1v) is 5.59. The van der Waals surface area contributed by atoms with Crippen molar-refractivity contribution in [1.29, 1.82) is 0 Å². The van der Waals surface area contributed by atoms with Crippen LogP contribution in [0.5, 0.6) is 0 Å². The Balaban J connectivity index is 2.04. The Labute approximate surface area is 104 Å². The predicted molar refractivity (Wildman–Crippen MR) is 66.2 cm³/mol. The SMILES string of the molecule is Cc1nnc(NC(=O)c2ccc(CCN)cc2)o1.